The molecule has 1 aromatic carbocycles. The Hall–Kier alpha value is -2.44. The molecule has 0 radical (unpaired) electrons. The normalized spacial score (nSPS) is 17.9. The van der Waals surface area contributed by atoms with Crippen molar-refractivity contribution < 1.29 is 23.9 Å². The molecule has 2 rings (SSSR count). The minimum atomic E-state index is -1.06. The molecule has 0 saturated carbocycles. The van der Waals surface area contributed by atoms with E-state index >= 15 is 0 Å². The molecule has 1 aromatic rings. The molecule has 2 amide bonds. The molecule has 1 aliphatic heterocycles. The van der Waals surface area contributed by atoms with Gasteiger partial charge in [0.25, 0.3) is 0 Å². The van der Waals surface area contributed by atoms with E-state index in [1.54, 1.807) is 13.0 Å². The number of nitrogens with zero attached hydrogens (tertiary/aromatic N) is 1. The topological polar surface area (TPSA) is 86.7 Å². The van der Waals surface area contributed by atoms with Crippen LogP contribution >= 0.6 is 0 Å². The second-order valence-electron chi connectivity index (χ2n) is 5.05. The number of aryl methyl sites for hydroxylation is 1. The zero-order valence-corrected chi connectivity index (χ0v) is 11.4. The molecule has 1 aliphatic rings. The second kappa shape index (κ2) is 5.90. The van der Waals surface area contributed by atoms with Crippen LogP contribution in [-0.2, 0) is 14.4 Å². The van der Waals surface area contributed by atoms with Crippen LogP contribution in [0.25, 0.3) is 0 Å². The van der Waals surface area contributed by atoms with Crippen molar-refractivity contribution in [2.24, 2.45) is 5.92 Å². The molecule has 2 N–H and O–H groups in total. The number of likely N-dealkylation sites (tertiary alicyclic amines) is 1. The molecule has 0 spiro atoms. The lowest BCUT2D eigenvalue weighted by molar-refractivity contribution is -0.141. The molecule has 1 heterocycles. The number of amides is 2. The third-order valence-corrected chi connectivity index (χ3v) is 3.30. The molecule has 1 saturated heterocycles. The highest BCUT2D eigenvalue weighted by atomic mass is 19.1. The lowest BCUT2D eigenvalue weighted by Crippen LogP contribution is -2.35. The summed E-state index contributed by atoms with van der Waals surface area (Å²) in [5.74, 6) is -3.35. The molecule has 1 atom stereocenters. The summed E-state index contributed by atoms with van der Waals surface area (Å²) in [6.45, 7) is 1.44. The van der Waals surface area contributed by atoms with Gasteiger partial charge in [0.2, 0.25) is 11.8 Å². The minimum absolute atomic E-state index is 0.00202. The smallest absolute Gasteiger partial charge is 0.308 e. The van der Waals surface area contributed by atoms with Gasteiger partial charge in [-0.15, -0.1) is 0 Å². The summed E-state index contributed by atoms with van der Waals surface area (Å²) in [7, 11) is 0. The first-order chi connectivity index (χ1) is 9.86. The molecule has 0 aromatic heterocycles. The van der Waals surface area contributed by atoms with Gasteiger partial charge in [0.15, 0.2) is 0 Å². The third kappa shape index (κ3) is 3.56. The van der Waals surface area contributed by atoms with Crippen LogP contribution in [0.4, 0.5) is 10.1 Å². The summed E-state index contributed by atoms with van der Waals surface area (Å²) < 4.78 is 13.6. The van der Waals surface area contributed by atoms with Crippen LogP contribution in [0.5, 0.6) is 0 Å². The molecular formula is C14H15FN2O4. The van der Waals surface area contributed by atoms with E-state index in [2.05, 4.69) is 5.32 Å². The van der Waals surface area contributed by atoms with Crippen molar-refractivity contribution in [2.75, 3.05) is 18.4 Å². The molecule has 112 valence electrons. The van der Waals surface area contributed by atoms with E-state index in [9.17, 15) is 18.8 Å². The van der Waals surface area contributed by atoms with E-state index in [1.165, 1.54) is 17.0 Å². The Morgan fingerprint density at radius 2 is 2.19 bits per heavy atom. The van der Waals surface area contributed by atoms with Crippen LogP contribution in [-0.4, -0.2) is 40.9 Å². The van der Waals surface area contributed by atoms with E-state index in [0.717, 1.165) is 5.56 Å². The maximum Gasteiger partial charge on any atom is 0.308 e. The second-order valence-corrected chi connectivity index (χ2v) is 5.05. The van der Waals surface area contributed by atoms with Crippen LogP contribution in [0, 0.1) is 18.7 Å². The van der Waals surface area contributed by atoms with Crippen molar-refractivity contribution in [3.8, 4) is 0 Å². The van der Waals surface area contributed by atoms with Gasteiger partial charge in [-0.1, -0.05) is 6.07 Å². The highest BCUT2D eigenvalue weighted by Crippen LogP contribution is 2.19. The number of carboxylic acids is 1. The van der Waals surface area contributed by atoms with Gasteiger partial charge < -0.3 is 15.3 Å². The fourth-order valence-electron chi connectivity index (χ4n) is 2.18. The first-order valence-electron chi connectivity index (χ1n) is 6.43. The van der Waals surface area contributed by atoms with Crippen molar-refractivity contribution >= 4 is 23.5 Å². The van der Waals surface area contributed by atoms with Gasteiger partial charge in [-0.2, -0.15) is 0 Å². The Labute approximate surface area is 120 Å². The SMILES string of the molecule is Cc1ccc(NC(=O)CN2C[C@H](C(=O)O)CC2=O)c(F)c1. The molecule has 0 aliphatic carbocycles. The molecular weight excluding hydrogens is 279 g/mol. The number of hydrogen-bond acceptors (Lipinski definition) is 3. The standard InChI is InChI=1S/C14H15FN2O4/c1-8-2-3-11(10(15)4-8)16-12(18)7-17-6-9(14(20)21)5-13(17)19/h2-4,9H,5-7H2,1H3,(H,16,18)(H,20,21)/t9-/m1/s1. The fourth-order valence-corrected chi connectivity index (χ4v) is 2.18. The highest BCUT2D eigenvalue weighted by molar-refractivity contribution is 5.96. The number of anilines is 1. The monoisotopic (exact) mass is 294 g/mol. The number of aliphatic carboxylic acids is 1. The van der Waals surface area contributed by atoms with Gasteiger partial charge in [-0.3, -0.25) is 14.4 Å². The quantitative estimate of drug-likeness (QED) is 0.867. The van der Waals surface area contributed by atoms with Crippen LogP contribution in [0.1, 0.15) is 12.0 Å². The Morgan fingerprint density at radius 1 is 1.48 bits per heavy atom. The lowest BCUT2D eigenvalue weighted by Gasteiger charge is -2.15. The van der Waals surface area contributed by atoms with Crippen molar-refractivity contribution in [1.29, 1.82) is 0 Å². The van der Waals surface area contributed by atoms with Gasteiger partial charge in [0.05, 0.1) is 18.2 Å². The Bertz CT molecular complexity index is 603. The molecule has 0 bridgehead atoms. The lowest BCUT2D eigenvalue weighted by atomic mass is 10.1. The average molecular weight is 294 g/mol. The summed E-state index contributed by atoms with van der Waals surface area (Å²) in [6, 6.07) is 4.38. The van der Waals surface area contributed by atoms with E-state index in [1.807, 2.05) is 0 Å². The van der Waals surface area contributed by atoms with Crippen molar-refractivity contribution in [1.82, 2.24) is 4.90 Å². The van der Waals surface area contributed by atoms with E-state index in [4.69, 9.17) is 5.11 Å². The maximum atomic E-state index is 13.6. The maximum absolute atomic E-state index is 13.6. The zero-order chi connectivity index (χ0) is 15.6. The van der Waals surface area contributed by atoms with Gasteiger partial charge in [0.1, 0.15) is 5.82 Å². The summed E-state index contributed by atoms with van der Waals surface area (Å²) in [5, 5.41) is 11.2. The van der Waals surface area contributed by atoms with Gasteiger partial charge in [0, 0.05) is 13.0 Å². The van der Waals surface area contributed by atoms with Gasteiger partial charge in [-0.25, -0.2) is 4.39 Å². The zero-order valence-electron chi connectivity index (χ0n) is 11.4. The van der Waals surface area contributed by atoms with Crippen LogP contribution < -0.4 is 5.32 Å². The number of rotatable bonds is 4. The summed E-state index contributed by atoms with van der Waals surface area (Å²) in [5.41, 5.74) is 0.761. The Balaban J connectivity index is 1.96. The van der Waals surface area contributed by atoms with E-state index in [-0.39, 0.29) is 31.1 Å². The number of halogens is 1. The van der Waals surface area contributed by atoms with Crippen LogP contribution in [0.2, 0.25) is 0 Å². The molecule has 7 heteroatoms. The minimum Gasteiger partial charge on any atom is -0.481 e. The molecule has 0 unspecified atom stereocenters. The summed E-state index contributed by atoms with van der Waals surface area (Å²) in [6.07, 6.45) is -0.110. The van der Waals surface area contributed by atoms with Crippen molar-refractivity contribution in [3.63, 3.8) is 0 Å². The number of hydrogen-bond donors (Lipinski definition) is 2. The molecule has 21 heavy (non-hydrogen) atoms. The fraction of sp³-hybridized carbons (Fsp3) is 0.357. The number of carbonyl (C=O) groups excluding carboxylic acids is 2. The predicted molar refractivity (Wildman–Crippen MR) is 72.1 cm³/mol. The number of nitrogens with one attached hydrogen (secondary N) is 1. The molecule has 1 fully saturated rings. The van der Waals surface area contributed by atoms with Gasteiger partial charge in [-0.05, 0) is 24.6 Å². The van der Waals surface area contributed by atoms with Gasteiger partial charge >= 0.3 is 5.97 Å². The first-order valence-corrected chi connectivity index (χ1v) is 6.43. The number of benzene rings is 1. The Morgan fingerprint density at radius 3 is 2.76 bits per heavy atom. The van der Waals surface area contributed by atoms with Crippen LogP contribution in [0.3, 0.4) is 0 Å². The third-order valence-electron chi connectivity index (χ3n) is 3.30. The first kappa shape index (κ1) is 15.0. The largest absolute Gasteiger partial charge is 0.481 e. The van der Waals surface area contributed by atoms with E-state index < -0.39 is 23.6 Å². The summed E-state index contributed by atoms with van der Waals surface area (Å²) in [4.78, 5) is 35.4. The predicted octanol–water partition coefficient (Wildman–Crippen LogP) is 1.01. The van der Waals surface area contributed by atoms with Crippen molar-refractivity contribution in [3.05, 3.63) is 29.6 Å². The number of carboxylic acid groups (broad SMARTS) is 1. The summed E-state index contributed by atoms with van der Waals surface area (Å²) >= 11 is 0. The Kier molecular flexibility index (Phi) is 4.21. The highest BCUT2D eigenvalue weighted by Gasteiger charge is 2.35. The molecule has 6 nitrogen and oxygen atoms in total. The van der Waals surface area contributed by atoms with Crippen LogP contribution in [0.15, 0.2) is 18.2 Å². The van der Waals surface area contributed by atoms with Crippen molar-refractivity contribution in [2.45, 2.75) is 13.3 Å². The average Bonchev–Trinajstić information content (AvgIpc) is 2.75. The van der Waals surface area contributed by atoms with E-state index in [0.29, 0.717) is 0 Å². The number of carbonyl (C=O) groups is 3.